The van der Waals surface area contributed by atoms with E-state index in [0.717, 1.165) is 22.2 Å². The molecule has 0 saturated heterocycles. The maximum Gasteiger partial charge on any atom is 0.373 e. The average Bonchev–Trinajstić information content (AvgIpc) is 3.41. The lowest BCUT2D eigenvalue weighted by molar-refractivity contribution is 0.0563. The maximum atomic E-state index is 11.6. The molecule has 152 valence electrons. The Balaban J connectivity index is 1.69. The van der Waals surface area contributed by atoms with Crippen LogP contribution < -0.4 is 0 Å². The van der Waals surface area contributed by atoms with Crippen molar-refractivity contribution in [2.45, 2.75) is 24.8 Å². The van der Waals surface area contributed by atoms with Crippen LogP contribution in [-0.4, -0.2) is 32.8 Å². The van der Waals surface area contributed by atoms with Crippen LogP contribution in [0, 0.1) is 13.8 Å². The quantitative estimate of drug-likeness (QED) is 0.332. The lowest BCUT2D eigenvalue weighted by Gasteiger charge is -2.12. The summed E-state index contributed by atoms with van der Waals surface area (Å²) < 4.78 is 12.3. The van der Waals surface area contributed by atoms with E-state index in [2.05, 4.69) is 47.2 Å². The number of esters is 1. The summed E-state index contributed by atoms with van der Waals surface area (Å²) in [7, 11) is 1.33. The van der Waals surface area contributed by atoms with Gasteiger partial charge < -0.3 is 9.15 Å². The Morgan fingerprint density at radius 1 is 1.07 bits per heavy atom. The third-order valence-electron chi connectivity index (χ3n) is 4.71. The van der Waals surface area contributed by atoms with Gasteiger partial charge in [-0.05, 0) is 61.4 Å². The molecule has 0 aliphatic carbocycles. The molecule has 3 aromatic heterocycles. The fourth-order valence-corrected chi connectivity index (χ4v) is 3.80. The Hall–Kier alpha value is -3.39. The van der Waals surface area contributed by atoms with Crippen molar-refractivity contribution in [2.24, 2.45) is 0 Å². The molecule has 0 bridgehead atoms. The van der Waals surface area contributed by atoms with Crippen molar-refractivity contribution in [3.05, 3.63) is 77.5 Å². The van der Waals surface area contributed by atoms with Crippen LogP contribution in [0.15, 0.2) is 64.4 Å². The summed E-state index contributed by atoms with van der Waals surface area (Å²) in [6, 6.07) is 13.5. The number of nitrogens with zero attached hydrogens (tertiary/aromatic N) is 4. The minimum atomic E-state index is -0.496. The van der Waals surface area contributed by atoms with E-state index in [1.807, 2.05) is 16.7 Å². The summed E-state index contributed by atoms with van der Waals surface area (Å²) in [6.45, 7) is 4.17. The van der Waals surface area contributed by atoms with Crippen LogP contribution >= 0.6 is 11.8 Å². The van der Waals surface area contributed by atoms with Gasteiger partial charge in [-0.2, -0.15) is 0 Å². The maximum absolute atomic E-state index is 11.6. The van der Waals surface area contributed by atoms with Crippen LogP contribution in [0.5, 0.6) is 0 Å². The molecule has 4 aromatic rings. The van der Waals surface area contributed by atoms with Crippen LogP contribution in [0.25, 0.3) is 17.1 Å². The normalized spacial score (nSPS) is 10.9. The predicted molar refractivity (Wildman–Crippen MR) is 114 cm³/mol. The monoisotopic (exact) mass is 420 g/mol. The zero-order chi connectivity index (χ0) is 21.1. The number of furan rings is 1. The molecule has 0 atom stereocenters. The largest absolute Gasteiger partial charge is 0.463 e. The second-order valence-corrected chi connectivity index (χ2v) is 7.63. The number of benzene rings is 1. The summed E-state index contributed by atoms with van der Waals surface area (Å²) in [5.41, 5.74) is 4.31. The van der Waals surface area contributed by atoms with Gasteiger partial charge >= 0.3 is 5.97 Å². The van der Waals surface area contributed by atoms with E-state index >= 15 is 0 Å². The number of hydrogen-bond donors (Lipinski definition) is 0. The molecule has 0 N–H and O–H groups in total. The highest BCUT2D eigenvalue weighted by Crippen LogP contribution is 2.30. The Labute approximate surface area is 178 Å². The smallest absolute Gasteiger partial charge is 0.373 e. The summed E-state index contributed by atoms with van der Waals surface area (Å²) in [5, 5.41) is 9.57. The lowest BCUT2D eigenvalue weighted by Crippen LogP contribution is -2.01. The molecule has 0 aliphatic heterocycles. The number of aryl methyl sites for hydroxylation is 2. The second-order valence-electron chi connectivity index (χ2n) is 6.69. The van der Waals surface area contributed by atoms with Crippen molar-refractivity contribution in [3.8, 4) is 17.1 Å². The molecule has 0 spiro atoms. The number of carbonyl (C=O) groups is 1. The van der Waals surface area contributed by atoms with Crippen molar-refractivity contribution in [1.82, 2.24) is 19.7 Å². The minimum absolute atomic E-state index is 0.182. The SMILES string of the molecule is COC(=O)c1ccc(CSc2nnc(-c3ccncc3)n2-c2ccc(C)c(C)c2)o1. The summed E-state index contributed by atoms with van der Waals surface area (Å²) >= 11 is 1.48. The van der Waals surface area contributed by atoms with E-state index in [1.54, 1.807) is 24.5 Å². The number of thioether (sulfide) groups is 1. The first-order valence-electron chi connectivity index (χ1n) is 9.30. The fraction of sp³-hybridized carbons (Fsp3) is 0.182. The van der Waals surface area contributed by atoms with E-state index in [0.29, 0.717) is 11.5 Å². The van der Waals surface area contributed by atoms with Gasteiger partial charge in [-0.1, -0.05) is 17.8 Å². The summed E-state index contributed by atoms with van der Waals surface area (Å²) in [4.78, 5) is 15.7. The average molecular weight is 420 g/mol. The van der Waals surface area contributed by atoms with Crippen molar-refractivity contribution in [2.75, 3.05) is 7.11 Å². The van der Waals surface area contributed by atoms with Crippen molar-refractivity contribution in [3.63, 3.8) is 0 Å². The molecular formula is C22H20N4O3S. The van der Waals surface area contributed by atoms with Gasteiger partial charge in [-0.15, -0.1) is 10.2 Å². The topological polar surface area (TPSA) is 83.0 Å². The molecule has 8 heteroatoms. The molecule has 1 aromatic carbocycles. The van der Waals surface area contributed by atoms with E-state index in [4.69, 9.17) is 9.15 Å². The van der Waals surface area contributed by atoms with Gasteiger partial charge in [0.05, 0.1) is 18.6 Å². The Morgan fingerprint density at radius 2 is 1.87 bits per heavy atom. The van der Waals surface area contributed by atoms with Crippen LogP contribution in [0.4, 0.5) is 0 Å². The summed E-state index contributed by atoms with van der Waals surface area (Å²) in [6.07, 6.45) is 3.47. The van der Waals surface area contributed by atoms with Crippen molar-refractivity contribution >= 4 is 17.7 Å². The molecule has 7 nitrogen and oxygen atoms in total. The molecule has 0 aliphatic rings. The van der Waals surface area contributed by atoms with E-state index < -0.39 is 5.97 Å². The third kappa shape index (κ3) is 3.99. The number of ether oxygens (including phenoxy) is 1. The molecule has 0 unspecified atom stereocenters. The number of methoxy groups -OCH3 is 1. The molecule has 0 radical (unpaired) electrons. The van der Waals surface area contributed by atoms with Crippen LogP contribution in [-0.2, 0) is 10.5 Å². The molecule has 4 rings (SSSR count). The first-order chi connectivity index (χ1) is 14.6. The molecule has 30 heavy (non-hydrogen) atoms. The van der Waals surface area contributed by atoms with Gasteiger partial charge in [0.25, 0.3) is 0 Å². The Morgan fingerprint density at radius 3 is 2.60 bits per heavy atom. The summed E-state index contributed by atoms with van der Waals surface area (Å²) in [5.74, 6) is 1.57. The standard InChI is InChI=1S/C22H20N4O3S/c1-14-4-5-17(12-15(14)2)26-20(16-8-10-23-11-9-16)24-25-22(26)30-13-18-6-7-19(29-18)21(27)28-3/h4-12H,13H2,1-3H3. The van der Waals surface area contributed by atoms with Crippen molar-refractivity contribution < 1.29 is 13.9 Å². The van der Waals surface area contributed by atoms with Crippen molar-refractivity contribution in [1.29, 1.82) is 0 Å². The van der Waals surface area contributed by atoms with E-state index in [9.17, 15) is 4.79 Å². The number of aromatic nitrogens is 4. The minimum Gasteiger partial charge on any atom is -0.463 e. The molecule has 0 amide bonds. The van der Waals surface area contributed by atoms with Gasteiger partial charge in [0, 0.05) is 18.0 Å². The number of hydrogen-bond acceptors (Lipinski definition) is 7. The highest BCUT2D eigenvalue weighted by Gasteiger charge is 2.18. The molecule has 0 fully saturated rings. The van der Waals surface area contributed by atoms with Crippen LogP contribution in [0.2, 0.25) is 0 Å². The number of pyridine rings is 1. The Kier molecular flexibility index (Phi) is 5.67. The first-order valence-corrected chi connectivity index (χ1v) is 10.3. The zero-order valence-electron chi connectivity index (χ0n) is 16.8. The third-order valence-corrected chi connectivity index (χ3v) is 5.66. The zero-order valence-corrected chi connectivity index (χ0v) is 17.6. The van der Waals surface area contributed by atoms with E-state index in [-0.39, 0.29) is 5.76 Å². The highest BCUT2D eigenvalue weighted by molar-refractivity contribution is 7.98. The molecule has 0 saturated carbocycles. The van der Waals surface area contributed by atoms with Crippen LogP contribution in [0.3, 0.4) is 0 Å². The van der Waals surface area contributed by atoms with Crippen LogP contribution in [0.1, 0.15) is 27.4 Å². The molecule has 3 heterocycles. The number of carbonyl (C=O) groups excluding carboxylic acids is 1. The van der Waals surface area contributed by atoms with Gasteiger partial charge in [-0.3, -0.25) is 9.55 Å². The second kappa shape index (κ2) is 8.54. The predicted octanol–water partition coefficient (Wildman–Crippen LogP) is 4.62. The fourth-order valence-electron chi connectivity index (χ4n) is 2.95. The van der Waals surface area contributed by atoms with Gasteiger partial charge in [0.2, 0.25) is 5.76 Å². The first kappa shape index (κ1) is 19.9. The highest BCUT2D eigenvalue weighted by atomic mass is 32.2. The van der Waals surface area contributed by atoms with Gasteiger partial charge in [-0.25, -0.2) is 4.79 Å². The van der Waals surface area contributed by atoms with E-state index in [1.165, 1.54) is 30.0 Å². The van der Waals surface area contributed by atoms with Gasteiger partial charge in [0.15, 0.2) is 11.0 Å². The Bertz CT molecular complexity index is 1180. The lowest BCUT2D eigenvalue weighted by atomic mass is 10.1. The number of rotatable bonds is 6. The van der Waals surface area contributed by atoms with Gasteiger partial charge in [0.1, 0.15) is 5.76 Å². The molecular weight excluding hydrogens is 400 g/mol.